The third kappa shape index (κ3) is 2.42. The zero-order chi connectivity index (χ0) is 16.0. The molecule has 23 heavy (non-hydrogen) atoms. The van der Waals surface area contributed by atoms with Gasteiger partial charge in [0.2, 0.25) is 0 Å². The van der Waals surface area contributed by atoms with Gasteiger partial charge in [0.25, 0.3) is 0 Å². The van der Waals surface area contributed by atoms with Gasteiger partial charge in [-0.3, -0.25) is 0 Å². The van der Waals surface area contributed by atoms with Crippen LogP contribution < -0.4 is 4.90 Å². The Morgan fingerprint density at radius 3 is 2.74 bits per heavy atom. The average molecular weight is 318 g/mol. The highest BCUT2D eigenvalue weighted by atomic mass is 19.4. The normalized spacial score (nSPS) is 15.9. The second-order valence-corrected chi connectivity index (χ2v) is 5.66. The van der Waals surface area contributed by atoms with Gasteiger partial charge in [0, 0.05) is 25.2 Å². The van der Waals surface area contributed by atoms with E-state index in [0.29, 0.717) is 13.1 Å². The lowest BCUT2D eigenvalue weighted by Gasteiger charge is -2.40. The first kappa shape index (κ1) is 14.0. The maximum atomic E-state index is 12.8. The van der Waals surface area contributed by atoms with Gasteiger partial charge in [-0.2, -0.15) is 13.2 Å². The van der Waals surface area contributed by atoms with Gasteiger partial charge < -0.3 is 9.88 Å². The van der Waals surface area contributed by atoms with Crippen LogP contribution in [0.3, 0.4) is 0 Å². The first-order chi connectivity index (χ1) is 11.0. The van der Waals surface area contributed by atoms with Gasteiger partial charge >= 0.3 is 6.18 Å². The number of halogens is 3. The zero-order valence-corrected chi connectivity index (χ0v) is 12.0. The van der Waals surface area contributed by atoms with E-state index in [9.17, 15) is 13.2 Å². The molecule has 1 saturated heterocycles. The van der Waals surface area contributed by atoms with Crippen molar-refractivity contribution in [3.63, 3.8) is 0 Å². The number of hydrogen-bond acceptors (Lipinski definition) is 3. The molecular formula is C16H13F3N4. The van der Waals surface area contributed by atoms with Crippen LogP contribution in [0.5, 0.6) is 0 Å². The smallest absolute Gasteiger partial charge is 0.355 e. The van der Waals surface area contributed by atoms with Gasteiger partial charge in [-0.05, 0) is 17.7 Å². The molecule has 0 bridgehead atoms. The lowest BCUT2D eigenvalue weighted by Crippen LogP contribution is -2.45. The SMILES string of the molecule is FC(F)(F)c1cccc(C2CN(c3ncnc4[nH]ccc34)C2)c1. The van der Waals surface area contributed by atoms with Crippen LogP contribution in [-0.2, 0) is 6.18 Å². The molecular weight excluding hydrogens is 305 g/mol. The van der Waals surface area contributed by atoms with E-state index in [1.165, 1.54) is 18.5 Å². The highest BCUT2D eigenvalue weighted by Gasteiger charge is 2.34. The summed E-state index contributed by atoms with van der Waals surface area (Å²) in [5.41, 5.74) is 0.886. The number of aromatic amines is 1. The summed E-state index contributed by atoms with van der Waals surface area (Å²) >= 11 is 0. The number of H-pyrrole nitrogens is 1. The van der Waals surface area contributed by atoms with Crippen molar-refractivity contribution in [2.24, 2.45) is 0 Å². The number of fused-ring (bicyclic) bond motifs is 1. The number of alkyl halides is 3. The van der Waals surface area contributed by atoms with Gasteiger partial charge in [-0.25, -0.2) is 9.97 Å². The van der Waals surface area contributed by atoms with Crippen LogP contribution in [-0.4, -0.2) is 28.0 Å². The largest absolute Gasteiger partial charge is 0.416 e. The summed E-state index contributed by atoms with van der Waals surface area (Å²) in [6.45, 7) is 1.30. The maximum Gasteiger partial charge on any atom is 0.416 e. The molecule has 7 heteroatoms. The Balaban J connectivity index is 1.55. The fraction of sp³-hybridized carbons (Fsp3) is 0.250. The Bertz CT molecular complexity index is 850. The maximum absolute atomic E-state index is 12.8. The van der Waals surface area contributed by atoms with Gasteiger partial charge in [-0.15, -0.1) is 0 Å². The molecule has 0 aliphatic carbocycles. The molecule has 118 valence electrons. The van der Waals surface area contributed by atoms with Gasteiger partial charge in [0.15, 0.2) is 0 Å². The second-order valence-electron chi connectivity index (χ2n) is 5.66. The molecule has 4 rings (SSSR count). The molecule has 0 saturated carbocycles. The molecule has 1 aliphatic heterocycles. The Labute approximate surface area is 130 Å². The second kappa shape index (κ2) is 4.97. The van der Waals surface area contributed by atoms with Crippen LogP contribution in [0.4, 0.5) is 19.0 Å². The predicted molar refractivity (Wildman–Crippen MR) is 80.3 cm³/mol. The molecule has 0 atom stereocenters. The lowest BCUT2D eigenvalue weighted by molar-refractivity contribution is -0.137. The van der Waals surface area contributed by atoms with Crippen molar-refractivity contribution in [2.45, 2.75) is 12.1 Å². The molecule has 0 radical (unpaired) electrons. The van der Waals surface area contributed by atoms with E-state index >= 15 is 0 Å². The Hall–Kier alpha value is -2.57. The topological polar surface area (TPSA) is 44.8 Å². The molecule has 1 aliphatic rings. The third-order valence-corrected chi connectivity index (χ3v) is 4.20. The molecule has 3 heterocycles. The summed E-state index contributed by atoms with van der Waals surface area (Å²) in [5, 5.41) is 0.926. The Morgan fingerprint density at radius 1 is 1.13 bits per heavy atom. The highest BCUT2D eigenvalue weighted by molar-refractivity contribution is 5.87. The first-order valence-corrected chi connectivity index (χ1v) is 7.22. The first-order valence-electron chi connectivity index (χ1n) is 7.22. The van der Waals surface area contributed by atoms with E-state index in [2.05, 4.69) is 19.9 Å². The molecule has 1 N–H and O–H groups in total. The average Bonchev–Trinajstić information content (AvgIpc) is 2.94. The number of aromatic nitrogens is 3. The van der Waals surface area contributed by atoms with Gasteiger partial charge in [0.05, 0.1) is 10.9 Å². The molecule has 1 aromatic carbocycles. The summed E-state index contributed by atoms with van der Waals surface area (Å²) in [5.74, 6) is 0.903. The highest BCUT2D eigenvalue weighted by Crippen LogP contribution is 2.36. The number of anilines is 1. The van der Waals surface area contributed by atoms with E-state index in [4.69, 9.17) is 0 Å². The van der Waals surface area contributed by atoms with E-state index in [1.807, 2.05) is 6.07 Å². The van der Waals surface area contributed by atoms with Crippen molar-refractivity contribution >= 4 is 16.9 Å². The minimum Gasteiger partial charge on any atom is -0.355 e. The Kier molecular flexibility index (Phi) is 3.04. The zero-order valence-electron chi connectivity index (χ0n) is 12.0. The molecule has 0 spiro atoms. The standard InChI is InChI=1S/C16H13F3N4/c17-16(18,19)12-3-1-2-10(6-12)11-7-23(8-11)15-13-4-5-20-14(13)21-9-22-15/h1-6,9,11H,7-8H2,(H,20,21,22). The number of nitrogens with one attached hydrogen (secondary N) is 1. The number of nitrogens with zero attached hydrogens (tertiary/aromatic N) is 3. The molecule has 3 aromatic rings. The lowest BCUT2D eigenvalue weighted by atomic mass is 9.90. The number of rotatable bonds is 2. The predicted octanol–water partition coefficient (Wildman–Crippen LogP) is 3.58. The third-order valence-electron chi connectivity index (χ3n) is 4.20. The molecule has 0 unspecified atom stereocenters. The van der Waals surface area contributed by atoms with E-state index in [-0.39, 0.29) is 5.92 Å². The van der Waals surface area contributed by atoms with Crippen molar-refractivity contribution in [3.8, 4) is 0 Å². The summed E-state index contributed by atoms with van der Waals surface area (Å²) < 4.78 is 38.4. The number of hydrogen-bond donors (Lipinski definition) is 1. The number of benzene rings is 1. The van der Waals surface area contributed by atoms with Gasteiger partial charge in [0.1, 0.15) is 17.8 Å². The Morgan fingerprint density at radius 2 is 1.96 bits per heavy atom. The van der Waals surface area contributed by atoms with Crippen LogP contribution >= 0.6 is 0 Å². The fourth-order valence-electron chi connectivity index (χ4n) is 2.94. The fourth-order valence-corrected chi connectivity index (χ4v) is 2.94. The summed E-state index contributed by atoms with van der Waals surface area (Å²) in [6, 6.07) is 7.48. The summed E-state index contributed by atoms with van der Waals surface area (Å²) in [4.78, 5) is 13.5. The molecule has 2 aromatic heterocycles. The van der Waals surface area contributed by atoms with E-state index in [0.717, 1.165) is 28.5 Å². The minimum absolute atomic E-state index is 0.0845. The monoisotopic (exact) mass is 318 g/mol. The van der Waals surface area contributed by atoms with Crippen LogP contribution in [0.25, 0.3) is 11.0 Å². The van der Waals surface area contributed by atoms with Gasteiger partial charge in [-0.1, -0.05) is 18.2 Å². The van der Waals surface area contributed by atoms with Crippen LogP contribution in [0, 0.1) is 0 Å². The van der Waals surface area contributed by atoms with Crippen molar-refractivity contribution in [3.05, 3.63) is 54.0 Å². The van der Waals surface area contributed by atoms with Crippen LogP contribution in [0.1, 0.15) is 17.0 Å². The van der Waals surface area contributed by atoms with Crippen molar-refractivity contribution < 1.29 is 13.2 Å². The van der Waals surface area contributed by atoms with Crippen molar-refractivity contribution in [1.82, 2.24) is 15.0 Å². The van der Waals surface area contributed by atoms with Crippen molar-refractivity contribution in [2.75, 3.05) is 18.0 Å². The molecule has 1 fully saturated rings. The van der Waals surface area contributed by atoms with Crippen LogP contribution in [0.15, 0.2) is 42.9 Å². The summed E-state index contributed by atoms with van der Waals surface area (Å²) in [7, 11) is 0. The van der Waals surface area contributed by atoms with E-state index in [1.54, 1.807) is 12.3 Å². The molecule has 4 nitrogen and oxygen atoms in total. The summed E-state index contributed by atoms with van der Waals surface area (Å²) in [6.07, 6.45) is -1.01. The molecule has 0 amide bonds. The van der Waals surface area contributed by atoms with E-state index < -0.39 is 11.7 Å². The van der Waals surface area contributed by atoms with Crippen molar-refractivity contribution in [1.29, 1.82) is 0 Å². The minimum atomic E-state index is -4.30. The van der Waals surface area contributed by atoms with Crippen LogP contribution in [0.2, 0.25) is 0 Å². The quantitative estimate of drug-likeness (QED) is 0.785.